The predicted octanol–water partition coefficient (Wildman–Crippen LogP) is 2.89. The van der Waals surface area contributed by atoms with E-state index in [1.54, 1.807) is 13.3 Å². The molecule has 20 heavy (non-hydrogen) atoms. The van der Waals surface area contributed by atoms with Crippen molar-refractivity contribution >= 4 is 23.1 Å². The predicted molar refractivity (Wildman–Crippen MR) is 85.0 cm³/mol. The molecule has 0 aliphatic heterocycles. The molecule has 1 heterocycles. The van der Waals surface area contributed by atoms with E-state index in [2.05, 4.69) is 15.6 Å². The highest BCUT2D eigenvalue weighted by atomic mass is 32.1. The largest absolute Gasteiger partial charge is 0.497 e. The highest BCUT2D eigenvalue weighted by Gasteiger charge is 2.00. The standard InChI is InChI=1S/C15H17N3OS/c1-11-6-7-14(16-9-11)18-15(20)17-10-12-4-3-5-13(8-12)19-2/h3-9H,10H2,1-2H3,(H2,16,17,18,20). The number of anilines is 1. The molecule has 0 bridgehead atoms. The van der Waals surface area contributed by atoms with Crippen molar-refractivity contribution in [2.75, 3.05) is 12.4 Å². The lowest BCUT2D eigenvalue weighted by atomic mass is 10.2. The fraction of sp³-hybridized carbons (Fsp3) is 0.200. The molecule has 0 aliphatic rings. The normalized spacial score (nSPS) is 9.90. The zero-order valence-electron chi connectivity index (χ0n) is 11.5. The second-order valence-corrected chi connectivity index (χ2v) is 4.79. The first-order valence-corrected chi connectivity index (χ1v) is 6.68. The molecule has 0 saturated heterocycles. The summed E-state index contributed by atoms with van der Waals surface area (Å²) in [6.07, 6.45) is 1.80. The molecule has 0 fully saturated rings. The van der Waals surface area contributed by atoms with Crippen LogP contribution in [0.1, 0.15) is 11.1 Å². The van der Waals surface area contributed by atoms with Crippen molar-refractivity contribution in [3.8, 4) is 5.75 Å². The Kier molecular flexibility index (Phi) is 4.90. The molecule has 1 aromatic heterocycles. The van der Waals surface area contributed by atoms with E-state index in [1.807, 2.05) is 43.3 Å². The van der Waals surface area contributed by atoms with E-state index in [9.17, 15) is 0 Å². The molecule has 0 amide bonds. The number of benzene rings is 1. The number of rotatable bonds is 4. The summed E-state index contributed by atoms with van der Waals surface area (Å²) in [4.78, 5) is 4.24. The number of pyridine rings is 1. The van der Waals surface area contributed by atoms with Gasteiger partial charge in [0.25, 0.3) is 0 Å². The monoisotopic (exact) mass is 287 g/mol. The van der Waals surface area contributed by atoms with Crippen LogP contribution in [0.15, 0.2) is 42.6 Å². The average molecular weight is 287 g/mol. The molecular weight excluding hydrogens is 270 g/mol. The second kappa shape index (κ2) is 6.86. The Labute approximate surface area is 124 Å². The number of hydrogen-bond acceptors (Lipinski definition) is 3. The van der Waals surface area contributed by atoms with E-state index >= 15 is 0 Å². The van der Waals surface area contributed by atoms with Crippen molar-refractivity contribution in [3.63, 3.8) is 0 Å². The van der Waals surface area contributed by atoms with E-state index in [-0.39, 0.29) is 0 Å². The highest BCUT2D eigenvalue weighted by molar-refractivity contribution is 7.80. The molecule has 104 valence electrons. The first kappa shape index (κ1) is 14.3. The molecule has 2 rings (SSSR count). The number of nitrogens with zero attached hydrogens (tertiary/aromatic N) is 1. The van der Waals surface area contributed by atoms with Crippen LogP contribution in [0.4, 0.5) is 5.82 Å². The third-order valence-corrected chi connectivity index (χ3v) is 2.99. The third kappa shape index (κ3) is 4.20. The van der Waals surface area contributed by atoms with Crippen LogP contribution in [0.5, 0.6) is 5.75 Å². The number of aromatic nitrogens is 1. The Bertz CT molecular complexity index is 584. The van der Waals surface area contributed by atoms with Crippen LogP contribution in [0.2, 0.25) is 0 Å². The van der Waals surface area contributed by atoms with E-state index in [0.29, 0.717) is 11.7 Å². The van der Waals surface area contributed by atoms with Crippen molar-refractivity contribution in [2.45, 2.75) is 13.5 Å². The van der Waals surface area contributed by atoms with Gasteiger partial charge in [0, 0.05) is 12.7 Å². The zero-order valence-corrected chi connectivity index (χ0v) is 12.3. The van der Waals surface area contributed by atoms with E-state index in [0.717, 1.165) is 22.7 Å². The Balaban J connectivity index is 1.87. The second-order valence-electron chi connectivity index (χ2n) is 4.38. The van der Waals surface area contributed by atoms with Gasteiger partial charge < -0.3 is 15.4 Å². The molecule has 2 aromatic rings. The molecule has 1 aromatic carbocycles. The molecule has 0 unspecified atom stereocenters. The molecule has 0 spiro atoms. The molecule has 0 aliphatic carbocycles. The lowest BCUT2D eigenvalue weighted by Crippen LogP contribution is -2.28. The lowest BCUT2D eigenvalue weighted by Gasteiger charge is -2.10. The van der Waals surface area contributed by atoms with Crippen molar-refractivity contribution in [2.24, 2.45) is 0 Å². The van der Waals surface area contributed by atoms with Crippen LogP contribution in [0, 0.1) is 6.92 Å². The van der Waals surface area contributed by atoms with Crippen molar-refractivity contribution in [3.05, 3.63) is 53.7 Å². The van der Waals surface area contributed by atoms with Gasteiger partial charge in [-0.05, 0) is 48.5 Å². The zero-order chi connectivity index (χ0) is 14.4. The number of hydrogen-bond donors (Lipinski definition) is 2. The fourth-order valence-electron chi connectivity index (χ4n) is 1.67. The SMILES string of the molecule is COc1cccc(CNC(=S)Nc2ccc(C)cn2)c1. The van der Waals surface area contributed by atoms with Gasteiger partial charge in [-0.2, -0.15) is 0 Å². The molecular formula is C15H17N3OS. The number of nitrogens with one attached hydrogen (secondary N) is 2. The van der Waals surface area contributed by atoms with Gasteiger partial charge in [0.05, 0.1) is 7.11 Å². The fourth-order valence-corrected chi connectivity index (χ4v) is 1.84. The highest BCUT2D eigenvalue weighted by Crippen LogP contribution is 2.12. The van der Waals surface area contributed by atoms with Gasteiger partial charge in [-0.15, -0.1) is 0 Å². The summed E-state index contributed by atoms with van der Waals surface area (Å²) in [5, 5.41) is 6.73. The summed E-state index contributed by atoms with van der Waals surface area (Å²) in [5.41, 5.74) is 2.22. The average Bonchev–Trinajstić information content (AvgIpc) is 2.48. The summed E-state index contributed by atoms with van der Waals surface area (Å²) in [7, 11) is 1.65. The maximum Gasteiger partial charge on any atom is 0.172 e. The topological polar surface area (TPSA) is 46.2 Å². The summed E-state index contributed by atoms with van der Waals surface area (Å²) < 4.78 is 5.18. The van der Waals surface area contributed by atoms with Crippen LogP contribution in [0.25, 0.3) is 0 Å². The van der Waals surface area contributed by atoms with E-state index in [1.165, 1.54) is 0 Å². The van der Waals surface area contributed by atoms with Crippen LogP contribution in [-0.4, -0.2) is 17.2 Å². The Morgan fingerprint density at radius 3 is 2.85 bits per heavy atom. The van der Waals surface area contributed by atoms with Gasteiger partial charge >= 0.3 is 0 Å². The third-order valence-electron chi connectivity index (χ3n) is 2.74. The maximum atomic E-state index is 5.24. The van der Waals surface area contributed by atoms with Crippen LogP contribution in [0.3, 0.4) is 0 Å². The number of aryl methyl sites for hydroxylation is 1. The Morgan fingerprint density at radius 2 is 2.15 bits per heavy atom. The minimum absolute atomic E-state index is 0.546. The molecule has 5 heteroatoms. The van der Waals surface area contributed by atoms with Gasteiger partial charge in [0.2, 0.25) is 0 Å². The number of thiocarbonyl (C=S) groups is 1. The van der Waals surface area contributed by atoms with Gasteiger partial charge in [0.15, 0.2) is 5.11 Å². The molecule has 2 N–H and O–H groups in total. The maximum absolute atomic E-state index is 5.24. The molecule has 0 saturated carbocycles. The van der Waals surface area contributed by atoms with Crippen LogP contribution in [-0.2, 0) is 6.54 Å². The quantitative estimate of drug-likeness (QED) is 0.847. The smallest absolute Gasteiger partial charge is 0.172 e. The van der Waals surface area contributed by atoms with Crippen molar-refractivity contribution in [1.29, 1.82) is 0 Å². The van der Waals surface area contributed by atoms with Gasteiger partial charge in [-0.25, -0.2) is 4.98 Å². The van der Waals surface area contributed by atoms with E-state index < -0.39 is 0 Å². The summed E-state index contributed by atoms with van der Waals surface area (Å²) >= 11 is 5.24. The summed E-state index contributed by atoms with van der Waals surface area (Å²) in [5.74, 6) is 1.57. The number of ether oxygens (including phenoxy) is 1. The van der Waals surface area contributed by atoms with Crippen molar-refractivity contribution < 1.29 is 4.74 Å². The van der Waals surface area contributed by atoms with Gasteiger partial charge in [-0.3, -0.25) is 0 Å². The molecule has 0 radical (unpaired) electrons. The van der Waals surface area contributed by atoms with E-state index in [4.69, 9.17) is 17.0 Å². The first-order valence-electron chi connectivity index (χ1n) is 6.28. The van der Waals surface area contributed by atoms with Crippen molar-refractivity contribution in [1.82, 2.24) is 10.3 Å². The first-order chi connectivity index (χ1) is 9.67. The van der Waals surface area contributed by atoms with Gasteiger partial charge in [0.1, 0.15) is 11.6 Å². The number of methoxy groups -OCH3 is 1. The molecule has 0 atom stereocenters. The summed E-state index contributed by atoms with van der Waals surface area (Å²) in [6.45, 7) is 2.63. The van der Waals surface area contributed by atoms with Gasteiger partial charge in [-0.1, -0.05) is 18.2 Å². The lowest BCUT2D eigenvalue weighted by molar-refractivity contribution is 0.414. The Hall–Kier alpha value is -2.14. The minimum Gasteiger partial charge on any atom is -0.497 e. The minimum atomic E-state index is 0.546. The Morgan fingerprint density at radius 1 is 1.30 bits per heavy atom. The van der Waals surface area contributed by atoms with Crippen LogP contribution < -0.4 is 15.4 Å². The summed E-state index contributed by atoms with van der Waals surface area (Å²) in [6, 6.07) is 11.7. The molecule has 4 nitrogen and oxygen atoms in total. The van der Waals surface area contributed by atoms with Crippen LogP contribution >= 0.6 is 12.2 Å².